The van der Waals surface area contributed by atoms with Crippen molar-refractivity contribution in [2.24, 2.45) is 11.3 Å². The van der Waals surface area contributed by atoms with Crippen molar-refractivity contribution in [3.63, 3.8) is 0 Å². The Balaban J connectivity index is 1.48. The normalized spacial score (nSPS) is 18.7. The van der Waals surface area contributed by atoms with Crippen LogP contribution < -0.4 is 0 Å². The molecule has 2 unspecified atom stereocenters. The second-order valence-corrected chi connectivity index (χ2v) is 9.40. The molecule has 0 spiro atoms. The van der Waals surface area contributed by atoms with Crippen LogP contribution in [0.4, 0.5) is 0 Å². The Morgan fingerprint density at radius 2 is 1.69 bits per heavy atom. The van der Waals surface area contributed by atoms with Crippen LogP contribution in [0.5, 0.6) is 0 Å². The van der Waals surface area contributed by atoms with Crippen LogP contribution in [0, 0.1) is 11.3 Å². The van der Waals surface area contributed by atoms with Gasteiger partial charge in [0.1, 0.15) is 6.61 Å². The first-order valence-electron chi connectivity index (χ1n) is 11.2. The van der Waals surface area contributed by atoms with Crippen LogP contribution in [0.3, 0.4) is 0 Å². The molecule has 2 atom stereocenters. The van der Waals surface area contributed by atoms with E-state index < -0.39 is 11.5 Å². The molecule has 8 heteroatoms. The van der Waals surface area contributed by atoms with Crippen LogP contribution >= 0.6 is 0 Å². The number of carbonyl (C=O) groups is 3. The molecule has 176 valence electrons. The molecule has 0 aromatic heterocycles. The van der Waals surface area contributed by atoms with Crippen molar-refractivity contribution in [1.82, 2.24) is 4.90 Å². The molecule has 2 aliphatic rings. The number of nitrogens with zero attached hydrogens (tertiary/aromatic N) is 1. The fraction of sp³-hybridized carbons (Fsp3) is 0.625. The van der Waals surface area contributed by atoms with Crippen molar-refractivity contribution in [2.45, 2.75) is 58.8 Å². The van der Waals surface area contributed by atoms with Gasteiger partial charge in [0.15, 0.2) is 6.29 Å². The van der Waals surface area contributed by atoms with Gasteiger partial charge >= 0.3 is 5.97 Å². The largest absolute Gasteiger partial charge is 0.463 e. The minimum Gasteiger partial charge on any atom is -0.463 e. The second-order valence-electron chi connectivity index (χ2n) is 9.40. The van der Waals surface area contributed by atoms with Crippen LogP contribution in [0.1, 0.15) is 67.2 Å². The van der Waals surface area contributed by atoms with E-state index in [-0.39, 0.29) is 36.6 Å². The standard InChI is InChI=1S/C24H33NO7/c1-24(2,3)23(29)32-15-17(26)11-10-16(22-30-13-14-31-22)7-6-12-25-20(27)18-8-4-5-9-19(18)21(25)28/h4-5,8-9,16-17,22,26H,6-7,10-15H2,1-3H3. The highest BCUT2D eigenvalue weighted by molar-refractivity contribution is 6.21. The first kappa shape index (κ1) is 24.4. The molecule has 0 saturated carbocycles. The number of fused-ring (bicyclic) bond motifs is 1. The van der Waals surface area contributed by atoms with E-state index in [1.807, 2.05) is 0 Å². The third kappa shape index (κ3) is 5.94. The number of carbonyl (C=O) groups excluding carboxylic acids is 3. The number of aliphatic hydroxyl groups is 1. The smallest absolute Gasteiger partial charge is 0.311 e. The summed E-state index contributed by atoms with van der Waals surface area (Å²) in [5.41, 5.74) is 0.284. The summed E-state index contributed by atoms with van der Waals surface area (Å²) in [4.78, 5) is 38.2. The number of hydrogen-bond donors (Lipinski definition) is 1. The summed E-state index contributed by atoms with van der Waals surface area (Å²) < 4.78 is 16.5. The number of ether oxygens (including phenoxy) is 3. The molecule has 2 heterocycles. The zero-order valence-electron chi connectivity index (χ0n) is 19.0. The molecule has 2 amide bonds. The van der Waals surface area contributed by atoms with Gasteiger partial charge in [-0.05, 0) is 58.6 Å². The summed E-state index contributed by atoms with van der Waals surface area (Å²) in [6, 6.07) is 6.85. The van der Waals surface area contributed by atoms with Crippen LogP contribution in [0.2, 0.25) is 0 Å². The predicted molar refractivity (Wildman–Crippen MR) is 116 cm³/mol. The van der Waals surface area contributed by atoms with Gasteiger partial charge in [-0.2, -0.15) is 0 Å². The number of esters is 1. The minimum atomic E-state index is -0.776. The van der Waals surface area contributed by atoms with E-state index in [1.54, 1.807) is 45.0 Å². The van der Waals surface area contributed by atoms with Crippen molar-refractivity contribution >= 4 is 17.8 Å². The third-order valence-electron chi connectivity index (χ3n) is 5.76. The molecule has 1 aromatic carbocycles. The van der Waals surface area contributed by atoms with Gasteiger partial charge in [-0.3, -0.25) is 19.3 Å². The minimum absolute atomic E-state index is 0.000602. The maximum Gasteiger partial charge on any atom is 0.311 e. The Hall–Kier alpha value is -2.29. The summed E-state index contributed by atoms with van der Waals surface area (Å²) in [6.45, 7) is 6.60. The quantitative estimate of drug-likeness (QED) is 0.435. The fourth-order valence-corrected chi connectivity index (χ4v) is 3.90. The van der Waals surface area contributed by atoms with E-state index in [1.165, 1.54) is 4.90 Å². The monoisotopic (exact) mass is 447 g/mol. The van der Waals surface area contributed by atoms with Crippen molar-refractivity contribution in [2.75, 3.05) is 26.4 Å². The maximum atomic E-state index is 12.5. The molecule has 0 bridgehead atoms. The average molecular weight is 448 g/mol. The van der Waals surface area contributed by atoms with Gasteiger partial charge in [0.25, 0.3) is 11.8 Å². The molecule has 0 aliphatic carbocycles. The van der Waals surface area contributed by atoms with Crippen molar-refractivity contribution in [3.05, 3.63) is 35.4 Å². The maximum absolute atomic E-state index is 12.5. The number of hydrogen-bond acceptors (Lipinski definition) is 7. The average Bonchev–Trinajstić information content (AvgIpc) is 3.37. The van der Waals surface area contributed by atoms with Crippen LogP contribution in [0.25, 0.3) is 0 Å². The predicted octanol–water partition coefficient (Wildman–Crippen LogP) is 2.78. The van der Waals surface area contributed by atoms with E-state index in [0.717, 1.165) is 0 Å². The summed E-state index contributed by atoms with van der Waals surface area (Å²) in [5, 5.41) is 10.3. The lowest BCUT2D eigenvalue weighted by Gasteiger charge is -2.24. The lowest BCUT2D eigenvalue weighted by atomic mass is 9.95. The van der Waals surface area contributed by atoms with Gasteiger partial charge in [-0.15, -0.1) is 0 Å². The van der Waals surface area contributed by atoms with Gasteiger partial charge < -0.3 is 19.3 Å². The molecule has 1 fully saturated rings. The zero-order valence-corrected chi connectivity index (χ0v) is 19.0. The number of imide groups is 1. The van der Waals surface area contributed by atoms with Gasteiger partial charge in [0.05, 0.1) is 35.9 Å². The Morgan fingerprint density at radius 3 is 2.25 bits per heavy atom. The van der Waals surface area contributed by atoms with Crippen molar-refractivity contribution in [3.8, 4) is 0 Å². The Kier molecular flexibility index (Phi) is 8.03. The summed E-state index contributed by atoms with van der Waals surface area (Å²) in [5.74, 6) is -0.865. The third-order valence-corrected chi connectivity index (χ3v) is 5.76. The van der Waals surface area contributed by atoms with E-state index >= 15 is 0 Å². The van der Waals surface area contributed by atoms with Gasteiger partial charge in [0, 0.05) is 12.5 Å². The molecule has 3 rings (SSSR count). The summed E-state index contributed by atoms with van der Waals surface area (Å²) >= 11 is 0. The van der Waals surface area contributed by atoms with E-state index in [4.69, 9.17) is 14.2 Å². The van der Waals surface area contributed by atoms with E-state index in [0.29, 0.717) is 56.6 Å². The fourth-order valence-electron chi connectivity index (χ4n) is 3.90. The van der Waals surface area contributed by atoms with Gasteiger partial charge in [-0.25, -0.2) is 0 Å². The SMILES string of the molecule is CC(C)(C)C(=O)OCC(O)CCC(CCCN1C(=O)c2ccccc2C1=O)C1OCCO1. The number of benzene rings is 1. The molecular weight excluding hydrogens is 414 g/mol. The molecule has 32 heavy (non-hydrogen) atoms. The number of rotatable bonds is 10. The molecule has 1 aromatic rings. The highest BCUT2D eigenvalue weighted by Crippen LogP contribution is 2.27. The van der Waals surface area contributed by atoms with Crippen LogP contribution in [-0.4, -0.2) is 66.5 Å². The van der Waals surface area contributed by atoms with Gasteiger partial charge in [-0.1, -0.05) is 12.1 Å². The Labute approximate surface area is 188 Å². The molecular formula is C24H33NO7. The first-order valence-corrected chi connectivity index (χ1v) is 11.2. The lowest BCUT2D eigenvalue weighted by molar-refractivity contribution is -0.156. The summed E-state index contributed by atoms with van der Waals surface area (Å²) in [6.07, 6.45) is 1.17. The molecule has 1 N–H and O–H groups in total. The zero-order chi connectivity index (χ0) is 23.3. The Morgan fingerprint density at radius 1 is 1.09 bits per heavy atom. The van der Waals surface area contributed by atoms with Crippen molar-refractivity contribution < 1.29 is 33.7 Å². The van der Waals surface area contributed by atoms with Crippen molar-refractivity contribution in [1.29, 1.82) is 0 Å². The molecule has 8 nitrogen and oxygen atoms in total. The molecule has 1 saturated heterocycles. The number of amides is 2. The second kappa shape index (κ2) is 10.6. The van der Waals surface area contributed by atoms with Gasteiger partial charge in [0.2, 0.25) is 0 Å². The Bertz CT molecular complexity index is 791. The van der Waals surface area contributed by atoms with E-state index in [9.17, 15) is 19.5 Å². The van der Waals surface area contributed by atoms with E-state index in [2.05, 4.69) is 0 Å². The van der Waals surface area contributed by atoms with Crippen LogP contribution in [-0.2, 0) is 19.0 Å². The lowest BCUT2D eigenvalue weighted by Crippen LogP contribution is -2.32. The first-order chi connectivity index (χ1) is 15.2. The number of aliphatic hydroxyl groups excluding tert-OH is 1. The summed E-state index contributed by atoms with van der Waals surface area (Å²) in [7, 11) is 0. The molecule has 0 radical (unpaired) electrons. The highest BCUT2D eigenvalue weighted by atomic mass is 16.7. The topological polar surface area (TPSA) is 102 Å². The molecule has 2 aliphatic heterocycles. The van der Waals surface area contributed by atoms with Crippen LogP contribution in [0.15, 0.2) is 24.3 Å². The highest BCUT2D eigenvalue weighted by Gasteiger charge is 2.35.